The summed E-state index contributed by atoms with van der Waals surface area (Å²) < 4.78 is 11.6. The van der Waals surface area contributed by atoms with Crippen LogP contribution in [-0.2, 0) is 14.3 Å². The van der Waals surface area contributed by atoms with Gasteiger partial charge in [-0.3, -0.25) is 4.79 Å². The van der Waals surface area contributed by atoms with Crippen LogP contribution in [0.4, 0.5) is 0 Å². The van der Waals surface area contributed by atoms with E-state index >= 15 is 0 Å². The normalized spacial score (nSPS) is 11.2. The molecule has 0 unspecified atom stereocenters. The number of rotatable bonds is 21. The lowest BCUT2D eigenvalue weighted by molar-refractivity contribution is -0.150. The topological polar surface area (TPSA) is 65.0 Å². The maximum atomic E-state index is 11.1. The fourth-order valence-electron chi connectivity index (χ4n) is 3.05. The first-order valence-corrected chi connectivity index (χ1v) is 11.3. The van der Waals surface area contributed by atoms with Gasteiger partial charge in [-0.25, -0.2) is 0 Å². The molecule has 0 aliphatic heterocycles. The van der Waals surface area contributed by atoms with Gasteiger partial charge in [-0.1, -0.05) is 90.9 Å². The molecule has 5 heteroatoms. The molecule has 0 rings (SSSR count). The van der Waals surface area contributed by atoms with Gasteiger partial charge in [-0.2, -0.15) is 0 Å². The minimum atomic E-state index is -0.626. The first kappa shape index (κ1) is 26.2. The van der Waals surface area contributed by atoms with Gasteiger partial charge in [0.25, 0.3) is 5.91 Å². The SMILES string of the molecule is CCCCCCCCCOC(CCC(=O)N=O)OCCCCCCCCC. The second-order valence-electron chi connectivity index (χ2n) is 7.44. The molecule has 0 spiro atoms. The van der Waals surface area contributed by atoms with Crippen LogP contribution in [0.15, 0.2) is 5.18 Å². The van der Waals surface area contributed by atoms with Gasteiger partial charge in [0.05, 0.1) is 0 Å². The van der Waals surface area contributed by atoms with Crippen LogP contribution in [0.5, 0.6) is 0 Å². The molecule has 160 valence electrons. The van der Waals surface area contributed by atoms with Crippen molar-refractivity contribution in [2.24, 2.45) is 5.18 Å². The number of carbonyl (C=O) groups excluding carboxylic acids is 1. The van der Waals surface area contributed by atoms with Crippen molar-refractivity contribution in [3.05, 3.63) is 4.91 Å². The van der Waals surface area contributed by atoms with Gasteiger partial charge in [-0.05, 0) is 12.8 Å². The molecule has 0 aromatic rings. The van der Waals surface area contributed by atoms with Crippen LogP contribution >= 0.6 is 0 Å². The molecule has 0 heterocycles. The van der Waals surface area contributed by atoms with Crippen LogP contribution in [0.1, 0.15) is 117 Å². The molecule has 0 fully saturated rings. The highest BCUT2D eigenvalue weighted by molar-refractivity contribution is 5.76. The summed E-state index contributed by atoms with van der Waals surface area (Å²) in [6, 6.07) is 0. The largest absolute Gasteiger partial charge is 0.353 e. The number of carbonyl (C=O) groups is 1. The molecule has 0 aromatic carbocycles. The number of hydrogen-bond donors (Lipinski definition) is 0. The Hall–Kier alpha value is -0.810. The Balaban J connectivity index is 3.80. The minimum absolute atomic E-state index is 0.0994. The maximum absolute atomic E-state index is 11.1. The van der Waals surface area contributed by atoms with Gasteiger partial charge in [-0.15, -0.1) is 4.91 Å². The molecule has 0 aliphatic rings. The molecule has 0 aromatic heterocycles. The van der Waals surface area contributed by atoms with Crippen molar-refractivity contribution in [1.82, 2.24) is 0 Å². The third kappa shape index (κ3) is 19.7. The molecule has 0 N–H and O–H groups in total. The van der Waals surface area contributed by atoms with Crippen LogP contribution < -0.4 is 0 Å². The fraction of sp³-hybridized carbons (Fsp3) is 0.955. The first-order chi connectivity index (χ1) is 13.2. The van der Waals surface area contributed by atoms with E-state index in [1.807, 2.05) is 0 Å². The van der Waals surface area contributed by atoms with Crippen molar-refractivity contribution in [3.8, 4) is 0 Å². The van der Waals surface area contributed by atoms with E-state index in [1.165, 1.54) is 77.0 Å². The van der Waals surface area contributed by atoms with Crippen LogP contribution in [0.2, 0.25) is 0 Å². The summed E-state index contributed by atoms with van der Waals surface area (Å²) in [4.78, 5) is 21.4. The van der Waals surface area contributed by atoms with Gasteiger partial charge in [0.15, 0.2) is 6.29 Å². The zero-order valence-corrected chi connectivity index (χ0v) is 17.9. The minimum Gasteiger partial charge on any atom is -0.353 e. The number of hydrogen-bond acceptors (Lipinski definition) is 4. The lowest BCUT2D eigenvalue weighted by Crippen LogP contribution is -2.20. The Labute approximate surface area is 166 Å². The number of nitrogens with zero attached hydrogens (tertiary/aromatic N) is 1. The molecule has 0 saturated carbocycles. The highest BCUT2D eigenvalue weighted by atomic mass is 16.7. The molecule has 0 bridgehead atoms. The van der Waals surface area contributed by atoms with Gasteiger partial charge >= 0.3 is 0 Å². The van der Waals surface area contributed by atoms with E-state index in [0.29, 0.717) is 19.6 Å². The summed E-state index contributed by atoms with van der Waals surface area (Å²) >= 11 is 0. The van der Waals surface area contributed by atoms with Crippen LogP contribution in [0.3, 0.4) is 0 Å². The Kier molecular flexibility index (Phi) is 20.8. The zero-order chi connectivity index (χ0) is 20.0. The molecular weight excluding hydrogens is 342 g/mol. The fourth-order valence-corrected chi connectivity index (χ4v) is 3.05. The summed E-state index contributed by atoms with van der Waals surface area (Å²) in [7, 11) is 0. The van der Waals surface area contributed by atoms with Gasteiger partial charge in [0.1, 0.15) is 0 Å². The Morgan fingerprint density at radius 3 is 1.52 bits per heavy atom. The van der Waals surface area contributed by atoms with E-state index in [1.54, 1.807) is 0 Å². The van der Waals surface area contributed by atoms with Crippen LogP contribution in [0, 0.1) is 4.91 Å². The van der Waals surface area contributed by atoms with E-state index in [4.69, 9.17) is 9.47 Å². The molecule has 5 nitrogen and oxygen atoms in total. The third-order valence-corrected chi connectivity index (χ3v) is 4.80. The summed E-state index contributed by atoms with van der Waals surface area (Å²) in [5.74, 6) is -0.626. The maximum Gasteiger partial charge on any atom is 0.286 e. The van der Waals surface area contributed by atoms with E-state index in [0.717, 1.165) is 12.8 Å². The van der Waals surface area contributed by atoms with E-state index in [-0.39, 0.29) is 6.42 Å². The van der Waals surface area contributed by atoms with Gasteiger partial charge in [0.2, 0.25) is 0 Å². The highest BCUT2D eigenvalue weighted by Gasteiger charge is 2.12. The van der Waals surface area contributed by atoms with Gasteiger partial charge < -0.3 is 9.47 Å². The summed E-state index contributed by atoms with van der Waals surface area (Å²) in [5, 5.41) is 2.45. The average molecular weight is 386 g/mol. The lowest BCUT2D eigenvalue weighted by Gasteiger charge is -2.18. The third-order valence-electron chi connectivity index (χ3n) is 4.80. The smallest absolute Gasteiger partial charge is 0.286 e. The van der Waals surface area contributed by atoms with E-state index in [9.17, 15) is 9.70 Å². The van der Waals surface area contributed by atoms with Crippen molar-refractivity contribution >= 4 is 5.91 Å². The Bertz CT molecular complexity index is 316. The summed E-state index contributed by atoms with van der Waals surface area (Å²) in [6.07, 6.45) is 17.4. The monoisotopic (exact) mass is 385 g/mol. The summed E-state index contributed by atoms with van der Waals surface area (Å²) in [6.45, 7) is 5.76. The molecule has 1 amide bonds. The number of unbranched alkanes of at least 4 members (excludes halogenated alkanes) is 12. The summed E-state index contributed by atoms with van der Waals surface area (Å²) in [5.41, 5.74) is 0. The predicted octanol–water partition coefficient (Wildman–Crippen LogP) is 6.92. The molecule has 0 radical (unpaired) electrons. The molecule has 0 saturated heterocycles. The van der Waals surface area contributed by atoms with Crippen molar-refractivity contribution in [1.29, 1.82) is 0 Å². The standard InChI is InChI=1S/C22H43NO4/c1-3-5-7-9-11-13-15-19-26-22(18-17-21(24)23-25)27-20-16-14-12-10-8-6-4-2/h22H,3-20H2,1-2H3. The predicted molar refractivity (Wildman–Crippen MR) is 112 cm³/mol. The van der Waals surface area contributed by atoms with E-state index in [2.05, 4.69) is 19.0 Å². The molecular formula is C22H43NO4. The molecule has 27 heavy (non-hydrogen) atoms. The Morgan fingerprint density at radius 2 is 1.11 bits per heavy atom. The van der Waals surface area contributed by atoms with Crippen molar-refractivity contribution in [2.45, 2.75) is 123 Å². The van der Waals surface area contributed by atoms with Crippen LogP contribution in [-0.4, -0.2) is 25.4 Å². The number of ether oxygens (including phenoxy) is 2. The number of nitroso groups, excluding NO2 is 1. The van der Waals surface area contributed by atoms with Crippen molar-refractivity contribution in [2.75, 3.05) is 13.2 Å². The number of amides is 1. The van der Waals surface area contributed by atoms with E-state index < -0.39 is 12.2 Å². The average Bonchev–Trinajstić information content (AvgIpc) is 2.69. The molecule has 0 atom stereocenters. The lowest BCUT2D eigenvalue weighted by atomic mass is 10.1. The van der Waals surface area contributed by atoms with Gasteiger partial charge in [0, 0.05) is 31.2 Å². The highest BCUT2D eigenvalue weighted by Crippen LogP contribution is 2.12. The first-order valence-electron chi connectivity index (χ1n) is 11.3. The second kappa shape index (κ2) is 21.5. The van der Waals surface area contributed by atoms with Crippen molar-refractivity contribution < 1.29 is 14.3 Å². The van der Waals surface area contributed by atoms with Crippen molar-refractivity contribution in [3.63, 3.8) is 0 Å². The molecule has 0 aliphatic carbocycles. The Morgan fingerprint density at radius 1 is 0.704 bits per heavy atom. The zero-order valence-electron chi connectivity index (χ0n) is 17.9. The quantitative estimate of drug-likeness (QED) is 0.122. The van der Waals surface area contributed by atoms with Crippen LogP contribution in [0.25, 0.3) is 0 Å². The second-order valence-corrected chi connectivity index (χ2v) is 7.44.